The number of halogens is 3. The standard InChI is InChI=1S/C26H29F3N6O2/c1-4-30-24(17(2)26(27,28)29)34-11-9-21-22(10-12-34)32-25(35-13-15-37-16-14-35)33-23(21)31-20-7-5-19(6-8-20)18(3)36/h4-8H,1-2,9-16H2,3H3,(H,31,32,33). The molecule has 0 spiro atoms. The number of nitrogens with one attached hydrogen (secondary N) is 1. The molecule has 3 heterocycles. The Morgan fingerprint density at radius 3 is 2.41 bits per heavy atom. The molecular formula is C26H29F3N6O2. The number of anilines is 3. The van der Waals surface area contributed by atoms with Crippen molar-refractivity contribution in [1.29, 1.82) is 0 Å². The Morgan fingerprint density at radius 2 is 1.78 bits per heavy atom. The average Bonchev–Trinajstić information content (AvgIpc) is 3.10. The smallest absolute Gasteiger partial charge is 0.378 e. The molecule has 1 fully saturated rings. The van der Waals surface area contributed by atoms with E-state index in [9.17, 15) is 18.0 Å². The zero-order valence-corrected chi connectivity index (χ0v) is 20.6. The zero-order valence-electron chi connectivity index (χ0n) is 20.6. The third kappa shape index (κ3) is 6.16. The van der Waals surface area contributed by atoms with Gasteiger partial charge in [-0.15, -0.1) is 0 Å². The number of alkyl halides is 3. The number of amidine groups is 1. The molecular weight excluding hydrogens is 485 g/mol. The van der Waals surface area contributed by atoms with Crippen molar-refractivity contribution in [2.45, 2.75) is 25.9 Å². The summed E-state index contributed by atoms with van der Waals surface area (Å²) < 4.78 is 45.9. The quantitative estimate of drug-likeness (QED) is 0.349. The SMILES string of the molecule is C=CN=C(C(=C)C(F)(F)F)N1CCc2nc(N3CCOCC3)nc(Nc3ccc(C(C)=O)cc3)c2CC1. The van der Waals surface area contributed by atoms with E-state index in [2.05, 4.69) is 23.5 Å². The van der Waals surface area contributed by atoms with Crippen LogP contribution in [0.1, 0.15) is 28.5 Å². The second kappa shape index (κ2) is 11.1. The Labute approximate surface area is 213 Å². The molecule has 0 saturated carbocycles. The number of ketones is 1. The molecule has 8 nitrogen and oxygen atoms in total. The maximum absolute atomic E-state index is 13.5. The van der Waals surface area contributed by atoms with E-state index in [1.807, 2.05) is 4.90 Å². The second-order valence-electron chi connectivity index (χ2n) is 8.75. The molecule has 0 unspecified atom stereocenters. The first-order chi connectivity index (χ1) is 17.7. The largest absolute Gasteiger partial charge is 0.419 e. The fourth-order valence-electron chi connectivity index (χ4n) is 4.29. The summed E-state index contributed by atoms with van der Waals surface area (Å²) in [6.07, 6.45) is -2.72. The number of carbonyl (C=O) groups excluding carboxylic acids is 1. The van der Waals surface area contributed by atoms with E-state index in [1.54, 1.807) is 29.2 Å². The first-order valence-electron chi connectivity index (χ1n) is 12.0. The molecule has 37 heavy (non-hydrogen) atoms. The molecule has 2 aliphatic heterocycles. The highest BCUT2D eigenvalue weighted by molar-refractivity contribution is 5.99. The Hall–Kier alpha value is -3.73. The van der Waals surface area contributed by atoms with Crippen molar-refractivity contribution in [2.75, 3.05) is 49.6 Å². The summed E-state index contributed by atoms with van der Waals surface area (Å²) in [4.78, 5) is 28.8. The van der Waals surface area contributed by atoms with Gasteiger partial charge in [-0.25, -0.2) is 9.98 Å². The Morgan fingerprint density at radius 1 is 1.11 bits per heavy atom. The number of benzene rings is 1. The third-order valence-electron chi connectivity index (χ3n) is 6.30. The summed E-state index contributed by atoms with van der Waals surface area (Å²) in [5.41, 5.74) is 1.90. The van der Waals surface area contributed by atoms with Crippen LogP contribution in [0.25, 0.3) is 0 Å². The van der Waals surface area contributed by atoms with Crippen molar-refractivity contribution in [3.05, 3.63) is 66.0 Å². The van der Waals surface area contributed by atoms with Crippen molar-refractivity contribution in [3.8, 4) is 0 Å². The lowest BCUT2D eigenvalue weighted by Crippen LogP contribution is -2.38. The maximum atomic E-state index is 13.5. The topological polar surface area (TPSA) is 83.0 Å². The fourth-order valence-corrected chi connectivity index (χ4v) is 4.29. The minimum Gasteiger partial charge on any atom is -0.378 e. The molecule has 196 valence electrons. The number of aromatic nitrogens is 2. The van der Waals surface area contributed by atoms with E-state index < -0.39 is 11.7 Å². The highest BCUT2D eigenvalue weighted by Gasteiger charge is 2.38. The molecule has 0 aliphatic carbocycles. The molecule has 0 amide bonds. The van der Waals surface area contributed by atoms with Crippen molar-refractivity contribution in [2.24, 2.45) is 4.99 Å². The Kier molecular flexibility index (Phi) is 7.91. The number of aliphatic imine (C=N–C) groups is 1. The van der Waals surface area contributed by atoms with Gasteiger partial charge in [0.25, 0.3) is 0 Å². The maximum Gasteiger partial charge on any atom is 0.419 e. The Balaban J connectivity index is 1.67. The lowest BCUT2D eigenvalue weighted by Gasteiger charge is -2.28. The van der Waals surface area contributed by atoms with E-state index >= 15 is 0 Å². The van der Waals surface area contributed by atoms with Crippen LogP contribution in [0.4, 0.5) is 30.6 Å². The van der Waals surface area contributed by atoms with Gasteiger partial charge in [-0.2, -0.15) is 18.2 Å². The predicted molar refractivity (Wildman–Crippen MR) is 137 cm³/mol. The van der Waals surface area contributed by atoms with E-state index in [0.29, 0.717) is 56.5 Å². The van der Waals surface area contributed by atoms with Gasteiger partial charge in [0.2, 0.25) is 5.95 Å². The molecule has 1 aromatic heterocycles. The molecule has 1 N–H and O–H groups in total. The average molecular weight is 515 g/mol. The van der Waals surface area contributed by atoms with Gasteiger partial charge in [-0.3, -0.25) is 4.79 Å². The van der Waals surface area contributed by atoms with Crippen LogP contribution in [-0.2, 0) is 17.6 Å². The van der Waals surface area contributed by atoms with Crippen LogP contribution in [0.2, 0.25) is 0 Å². The van der Waals surface area contributed by atoms with Crippen LogP contribution >= 0.6 is 0 Å². The van der Waals surface area contributed by atoms with Crippen LogP contribution in [0, 0.1) is 0 Å². The van der Waals surface area contributed by atoms with Crippen LogP contribution < -0.4 is 10.2 Å². The Bertz CT molecular complexity index is 1200. The molecule has 0 bridgehead atoms. The minimum atomic E-state index is -4.61. The summed E-state index contributed by atoms with van der Waals surface area (Å²) >= 11 is 0. The van der Waals surface area contributed by atoms with E-state index in [4.69, 9.17) is 14.7 Å². The number of carbonyl (C=O) groups is 1. The normalized spacial score (nSPS) is 16.6. The van der Waals surface area contributed by atoms with Gasteiger partial charge in [0.15, 0.2) is 5.78 Å². The minimum absolute atomic E-state index is 0.0328. The predicted octanol–water partition coefficient (Wildman–Crippen LogP) is 4.32. The first-order valence-corrected chi connectivity index (χ1v) is 12.0. The number of nitrogens with zero attached hydrogens (tertiary/aromatic N) is 5. The van der Waals surface area contributed by atoms with Crippen molar-refractivity contribution in [3.63, 3.8) is 0 Å². The van der Waals surface area contributed by atoms with Gasteiger partial charge in [0.05, 0.1) is 24.5 Å². The number of ether oxygens (including phenoxy) is 1. The van der Waals surface area contributed by atoms with Gasteiger partial charge >= 0.3 is 6.18 Å². The molecule has 2 aromatic rings. The summed E-state index contributed by atoms with van der Waals surface area (Å²) in [6.45, 7) is 11.2. The van der Waals surface area contributed by atoms with E-state index in [0.717, 1.165) is 23.1 Å². The van der Waals surface area contributed by atoms with Crippen molar-refractivity contribution < 1.29 is 22.7 Å². The van der Waals surface area contributed by atoms with Gasteiger partial charge in [0, 0.05) is 55.6 Å². The lowest BCUT2D eigenvalue weighted by molar-refractivity contribution is -0.0866. The van der Waals surface area contributed by atoms with Gasteiger partial charge in [-0.05, 0) is 37.6 Å². The summed E-state index contributed by atoms with van der Waals surface area (Å²) in [5, 5.41) is 3.34. The number of morpholine rings is 1. The zero-order chi connectivity index (χ0) is 26.6. The highest BCUT2D eigenvalue weighted by Crippen LogP contribution is 2.30. The van der Waals surface area contributed by atoms with Gasteiger partial charge < -0.3 is 19.9 Å². The van der Waals surface area contributed by atoms with Crippen molar-refractivity contribution >= 4 is 29.1 Å². The lowest BCUT2D eigenvalue weighted by atomic mass is 10.1. The molecule has 0 atom stereocenters. The molecule has 2 aliphatic rings. The summed E-state index contributed by atoms with van der Waals surface area (Å²) in [6, 6.07) is 7.06. The number of rotatable bonds is 6. The second-order valence-corrected chi connectivity index (χ2v) is 8.75. The monoisotopic (exact) mass is 514 g/mol. The summed E-state index contributed by atoms with van der Waals surface area (Å²) in [7, 11) is 0. The number of hydrogen-bond donors (Lipinski definition) is 1. The number of Topliss-reactive ketones (excluding diaryl/α,β-unsaturated/α-hetero) is 1. The molecule has 11 heteroatoms. The van der Waals surface area contributed by atoms with Gasteiger partial charge in [-0.1, -0.05) is 13.2 Å². The molecule has 4 rings (SSSR count). The molecule has 0 radical (unpaired) electrons. The van der Waals surface area contributed by atoms with Crippen molar-refractivity contribution in [1.82, 2.24) is 14.9 Å². The third-order valence-corrected chi connectivity index (χ3v) is 6.30. The fraction of sp³-hybridized carbons (Fsp3) is 0.385. The van der Waals surface area contributed by atoms with Crippen LogP contribution in [0.5, 0.6) is 0 Å². The number of hydrogen-bond acceptors (Lipinski definition) is 7. The highest BCUT2D eigenvalue weighted by atomic mass is 19.4. The molecule has 1 saturated heterocycles. The van der Waals surface area contributed by atoms with Crippen LogP contribution in [-0.4, -0.2) is 72.1 Å². The van der Waals surface area contributed by atoms with E-state index in [-0.39, 0.29) is 24.7 Å². The van der Waals surface area contributed by atoms with Gasteiger partial charge in [0.1, 0.15) is 11.7 Å². The molecule has 1 aromatic carbocycles. The van der Waals surface area contributed by atoms with Crippen LogP contribution in [0.15, 0.2) is 54.2 Å². The van der Waals surface area contributed by atoms with E-state index in [1.165, 1.54) is 6.92 Å². The number of fused-ring (bicyclic) bond motifs is 1. The first kappa shape index (κ1) is 26.3. The summed E-state index contributed by atoms with van der Waals surface area (Å²) in [5.74, 6) is 0.847. The van der Waals surface area contributed by atoms with Crippen LogP contribution in [0.3, 0.4) is 0 Å².